The Morgan fingerprint density at radius 3 is 1.08 bits per heavy atom. The van der Waals surface area contributed by atoms with E-state index in [2.05, 4.69) is 0 Å². The van der Waals surface area contributed by atoms with Crippen LogP contribution in [0.2, 0.25) is 0 Å². The van der Waals surface area contributed by atoms with E-state index >= 15 is 0 Å². The molecule has 25 heavy (non-hydrogen) atoms. The fourth-order valence-electron chi connectivity index (χ4n) is 1.97. The SMILES string of the molecule is CN1CC(=O)N(C)CC(=O)N(C)CC(=O)N(N)CC(=O)N(C)CC1=O. The van der Waals surface area contributed by atoms with Gasteiger partial charge in [-0.1, -0.05) is 0 Å². The second-order valence-corrected chi connectivity index (χ2v) is 6.02. The van der Waals surface area contributed by atoms with Crippen molar-refractivity contribution >= 4 is 29.5 Å². The number of hydrogen-bond donors (Lipinski definition) is 1. The van der Waals surface area contributed by atoms with Gasteiger partial charge in [0.1, 0.15) is 13.1 Å². The maximum absolute atomic E-state index is 12.1. The van der Waals surface area contributed by atoms with Crippen LogP contribution in [-0.2, 0) is 24.0 Å². The van der Waals surface area contributed by atoms with Gasteiger partial charge >= 0.3 is 0 Å². The molecule has 0 aromatic rings. The van der Waals surface area contributed by atoms with Gasteiger partial charge in [-0.05, 0) is 0 Å². The summed E-state index contributed by atoms with van der Waals surface area (Å²) >= 11 is 0. The summed E-state index contributed by atoms with van der Waals surface area (Å²) in [6.07, 6.45) is 0. The summed E-state index contributed by atoms with van der Waals surface area (Å²) < 4.78 is 0. The molecule has 140 valence electrons. The fraction of sp³-hybridized carbons (Fsp3) is 0.643. The summed E-state index contributed by atoms with van der Waals surface area (Å²) in [6.45, 7) is -1.47. The topological polar surface area (TPSA) is 128 Å². The van der Waals surface area contributed by atoms with Crippen molar-refractivity contribution in [2.45, 2.75) is 0 Å². The highest BCUT2D eigenvalue weighted by atomic mass is 16.2. The molecule has 1 saturated heterocycles. The zero-order valence-electron chi connectivity index (χ0n) is 14.9. The lowest BCUT2D eigenvalue weighted by atomic mass is 10.4. The van der Waals surface area contributed by atoms with Gasteiger partial charge < -0.3 is 19.6 Å². The third-order valence-corrected chi connectivity index (χ3v) is 3.82. The van der Waals surface area contributed by atoms with E-state index in [1.54, 1.807) is 0 Å². The second kappa shape index (κ2) is 8.42. The Morgan fingerprint density at radius 2 is 0.760 bits per heavy atom. The molecule has 5 amide bonds. The Bertz CT molecular complexity index is 464. The molecule has 0 unspecified atom stereocenters. The molecule has 0 aromatic heterocycles. The van der Waals surface area contributed by atoms with Gasteiger partial charge in [0.25, 0.3) is 5.91 Å². The smallest absolute Gasteiger partial charge is 0.256 e. The van der Waals surface area contributed by atoms with Crippen LogP contribution in [-0.4, -0.2) is 115 Å². The van der Waals surface area contributed by atoms with Crippen molar-refractivity contribution < 1.29 is 24.0 Å². The van der Waals surface area contributed by atoms with Crippen LogP contribution in [0.15, 0.2) is 0 Å². The summed E-state index contributed by atoms with van der Waals surface area (Å²) in [5.74, 6) is 3.04. The van der Waals surface area contributed by atoms with E-state index in [0.29, 0.717) is 5.01 Å². The highest BCUT2D eigenvalue weighted by Gasteiger charge is 2.25. The summed E-state index contributed by atoms with van der Waals surface area (Å²) in [6, 6.07) is 0. The zero-order valence-corrected chi connectivity index (χ0v) is 14.9. The Labute approximate surface area is 145 Å². The molecule has 1 rings (SSSR count). The summed E-state index contributed by atoms with van der Waals surface area (Å²) in [4.78, 5) is 64.9. The maximum Gasteiger partial charge on any atom is 0.256 e. The van der Waals surface area contributed by atoms with Gasteiger partial charge in [-0.25, -0.2) is 5.84 Å². The van der Waals surface area contributed by atoms with Gasteiger partial charge in [0.15, 0.2) is 0 Å². The Kier molecular flexibility index (Phi) is 6.86. The quantitative estimate of drug-likeness (QED) is 0.355. The maximum atomic E-state index is 12.1. The summed E-state index contributed by atoms with van der Waals surface area (Å²) in [5.41, 5.74) is 0. The molecule has 0 radical (unpaired) electrons. The zero-order chi connectivity index (χ0) is 19.3. The third-order valence-electron chi connectivity index (χ3n) is 3.82. The lowest BCUT2D eigenvalue weighted by molar-refractivity contribution is -0.144. The number of rotatable bonds is 0. The first-order valence-electron chi connectivity index (χ1n) is 7.53. The molecule has 1 aliphatic heterocycles. The van der Waals surface area contributed by atoms with E-state index in [4.69, 9.17) is 5.84 Å². The molecule has 0 aromatic carbocycles. The average molecular weight is 356 g/mol. The molecule has 0 atom stereocenters. The number of nitrogens with two attached hydrogens (primary N) is 1. The molecular formula is C14H24N6O5. The van der Waals surface area contributed by atoms with Crippen molar-refractivity contribution in [1.29, 1.82) is 0 Å². The van der Waals surface area contributed by atoms with Gasteiger partial charge in [-0.15, -0.1) is 0 Å². The van der Waals surface area contributed by atoms with Crippen LogP contribution in [0.4, 0.5) is 0 Å². The van der Waals surface area contributed by atoms with Gasteiger partial charge in [0, 0.05) is 28.2 Å². The van der Waals surface area contributed by atoms with E-state index < -0.39 is 36.1 Å². The molecule has 1 heterocycles. The van der Waals surface area contributed by atoms with Crippen molar-refractivity contribution in [3.05, 3.63) is 0 Å². The van der Waals surface area contributed by atoms with Gasteiger partial charge in [-0.3, -0.25) is 29.0 Å². The molecule has 0 spiro atoms. The van der Waals surface area contributed by atoms with Crippen LogP contribution in [0, 0.1) is 0 Å². The first-order valence-corrected chi connectivity index (χ1v) is 7.53. The lowest BCUT2D eigenvalue weighted by Crippen LogP contribution is -2.50. The largest absolute Gasteiger partial charge is 0.335 e. The molecular weight excluding hydrogens is 332 g/mol. The molecule has 0 saturated carbocycles. The highest BCUT2D eigenvalue weighted by molar-refractivity contribution is 5.92. The van der Waals surface area contributed by atoms with Gasteiger partial charge in [0.05, 0.1) is 19.6 Å². The van der Waals surface area contributed by atoms with Crippen LogP contribution in [0.1, 0.15) is 0 Å². The first kappa shape index (κ1) is 20.4. The van der Waals surface area contributed by atoms with Gasteiger partial charge in [0.2, 0.25) is 23.6 Å². The minimum absolute atomic E-state index is 0.226. The average Bonchev–Trinajstić information content (AvgIpc) is 2.53. The standard InChI is InChI=1S/C14H24N6O5/c1-16-5-10(21)17(2)6-12(23)19(4)8-14(25)20(15)9-13(24)18(3)7-11(16)22/h5-9,15H2,1-4H3. The molecule has 0 aliphatic carbocycles. The summed E-state index contributed by atoms with van der Waals surface area (Å²) in [5, 5.41) is 0.700. The van der Waals surface area contributed by atoms with E-state index in [0.717, 1.165) is 9.80 Å². The predicted molar refractivity (Wildman–Crippen MR) is 86.4 cm³/mol. The molecule has 1 aliphatic rings. The van der Waals surface area contributed by atoms with E-state index in [-0.39, 0.29) is 26.2 Å². The van der Waals surface area contributed by atoms with Crippen molar-refractivity contribution in [3.63, 3.8) is 0 Å². The Balaban J connectivity index is 3.01. The van der Waals surface area contributed by atoms with Crippen molar-refractivity contribution in [2.24, 2.45) is 5.84 Å². The van der Waals surface area contributed by atoms with E-state index in [9.17, 15) is 24.0 Å². The van der Waals surface area contributed by atoms with Crippen LogP contribution >= 0.6 is 0 Å². The van der Waals surface area contributed by atoms with E-state index in [1.807, 2.05) is 0 Å². The van der Waals surface area contributed by atoms with Crippen LogP contribution < -0.4 is 5.84 Å². The number of carbonyl (C=O) groups is 5. The number of hydrazine groups is 1. The normalized spacial score (nSPS) is 20.2. The predicted octanol–water partition coefficient (Wildman–Crippen LogP) is -3.46. The molecule has 1 fully saturated rings. The first-order chi connectivity index (χ1) is 11.5. The van der Waals surface area contributed by atoms with Crippen LogP contribution in [0.3, 0.4) is 0 Å². The van der Waals surface area contributed by atoms with Crippen LogP contribution in [0.5, 0.6) is 0 Å². The lowest BCUT2D eigenvalue weighted by Gasteiger charge is -2.24. The number of carbonyl (C=O) groups excluding carboxylic acids is 5. The number of likely N-dealkylation sites (N-methyl/N-ethyl adjacent to an activating group) is 4. The monoisotopic (exact) mass is 356 g/mol. The molecule has 11 heteroatoms. The van der Waals surface area contributed by atoms with E-state index in [1.165, 1.54) is 38.0 Å². The fourth-order valence-corrected chi connectivity index (χ4v) is 1.97. The van der Waals surface area contributed by atoms with Gasteiger partial charge in [-0.2, -0.15) is 0 Å². The second-order valence-electron chi connectivity index (χ2n) is 6.02. The molecule has 0 bridgehead atoms. The molecule has 2 N–H and O–H groups in total. The van der Waals surface area contributed by atoms with Crippen molar-refractivity contribution in [3.8, 4) is 0 Å². The summed E-state index contributed by atoms with van der Waals surface area (Å²) in [7, 11) is 5.65. The van der Waals surface area contributed by atoms with Crippen LogP contribution in [0.25, 0.3) is 0 Å². The number of nitrogens with zero attached hydrogens (tertiary/aromatic N) is 5. The van der Waals surface area contributed by atoms with Crippen molar-refractivity contribution in [2.75, 3.05) is 60.9 Å². The molecule has 11 nitrogen and oxygen atoms in total. The Hall–Kier alpha value is -2.69. The minimum Gasteiger partial charge on any atom is -0.335 e. The number of hydrogen-bond acceptors (Lipinski definition) is 6. The van der Waals surface area contributed by atoms with Crippen molar-refractivity contribution in [1.82, 2.24) is 24.6 Å². The minimum atomic E-state index is -0.634. The third kappa shape index (κ3) is 5.71. The Morgan fingerprint density at radius 1 is 0.520 bits per heavy atom. The highest BCUT2D eigenvalue weighted by Crippen LogP contribution is 1.98. The number of amides is 5.